The number of ketones is 1. The van der Waals surface area contributed by atoms with Gasteiger partial charge >= 0.3 is 10.4 Å². The van der Waals surface area contributed by atoms with Gasteiger partial charge in [-0.25, -0.2) is 29.4 Å². The van der Waals surface area contributed by atoms with Crippen molar-refractivity contribution in [1.29, 1.82) is 0 Å². The molecule has 298 valence electrons. The van der Waals surface area contributed by atoms with Crippen LogP contribution in [-0.4, -0.2) is 100 Å². The summed E-state index contributed by atoms with van der Waals surface area (Å²) < 4.78 is 178. The zero-order valence-electron chi connectivity index (χ0n) is 27.0. The molecule has 0 aliphatic heterocycles. The first-order chi connectivity index (χ1) is 25.3. The van der Waals surface area contributed by atoms with Crippen molar-refractivity contribution in [3.8, 4) is 0 Å². The third-order valence-corrected chi connectivity index (χ3v) is 12.9. The van der Waals surface area contributed by atoms with Crippen molar-refractivity contribution in [3.63, 3.8) is 0 Å². The Morgan fingerprint density at radius 3 is 1.80 bits per heavy atom. The molecule has 0 atom stereocenters. The van der Waals surface area contributed by atoms with Gasteiger partial charge in [0.1, 0.15) is 15.5 Å². The van der Waals surface area contributed by atoms with Crippen LogP contribution in [0.15, 0.2) is 89.5 Å². The number of hydrogen-bond acceptors (Lipinski definition) is 20. The van der Waals surface area contributed by atoms with Gasteiger partial charge in [-0.1, -0.05) is 0 Å². The number of hydrogen-bond donors (Lipinski definition) is 6. The van der Waals surface area contributed by atoms with E-state index in [1.807, 2.05) is 0 Å². The molecule has 1 aliphatic rings. The summed E-state index contributed by atoms with van der Waals surface area (Å²) in [7, 11) is -26.9. The van der Waals surface area contributed by atoms with Gasteiger partial charge in [0.25, 0.3) is 31.2 Å². The Kier molecular flexibility index (Phi) is 12.8. The lowest BCUT2D eigenvalue weighted by molar-refractivity contribution is 0.106. The number of nitrogens with two attached hydrogens (primary N) is 1. The van der Waals surface area contributed by atoms with E-state index in [2.05, 4.69) is 29.1 Å². The van der Waals surface area contributed by atoms with Crippen molar-refractivity contribution in [2.75, 3.05) is 35.9 Å². The minimum atomic E-state index is -5.29. The molecule has 0 heterocycles. The maximum absolute atomic E-state index is 13.7. The molecule has 29 heteroatoms. The van der Waals surface area contributed by atoms with E-state index >= 15 is 0 Å². The van der Waals surface area contributed by atoms with Gasteiger partial charge in [-0.15, -0.1) is 5.11 Å². The van der Waals surface area contributed by atoms with Gasteiger partial charge in [-0.05, 0) is 66.2 Å². The molecule has 3 aromatic carbocycles. The molecule has 3 aromatic rings. The summed E-state index contributed by atoms with van der Waals surface area (Å²) in [5, 5.41) is 11.2. The topological polar surface area (TPSA) is 376 Å². The van der Waals surface area contributed by atoms with E-state index in [0.29, 0.717) is 12.1 Å². The molecule has 6 N–H and O–H groups in total. The second-order valence-electron chi connectivity index (χ2n) is 10.6. The number of rotatable bonds is 16. The summed E-state index contributed by atoms with van der Waals surface area (Å²) in [6.07, 6.45) is 0.617. The van der Waals surface area contributed by atoms with Crippen LogP contribution in [0.1, 0.15) is 15.9 Å². The fourth-order valence-corrected chi connectivity index (χ4v) is 8.76. The fraction of sp³-hybridized carbons (Fsp3) is 0.154. The summed E-state index contributed by atoms with van der Waals surface area (Å²) in [6, 6.07) is 9.14. The summed E-state index contributed by atoms with van der Waals surface area (Å²) >= 11 is 0. The number of azo groups is 1. The Morgan fingerprint density at radius 2 is 1.29 bits per heavy atom. The summed E-state index contributed by atoms with van der Waals surface area (Å²) in [4.78, 5) is 10.8. The van der Waals surface area contributed by atoms with Crippen LogP contribution in [-0.2, 0) is 69.7 Å². The number of thiol groups is 1. The molecule has 0 aromatic heterocycles. The number of nitrogens with one attached hydrogen (secondary N) is 1. The summed E-state index contributed by atoms with van der Waals surface area (Å²) in [5.41, 5.74) is 4.48. The Hall–Kier alpha value is -4.56. The van der Waals surface area contributed by atoms with Crippen molar-refractivity contribution in [2.45, 2.75) is 14.7 Å². The molecule has 0 radical (unpaired) electrons. The first-order valence-electron chi connectivity index (χ1n) is 14.3. The minimum absolute atomic E-state index is 0.0342. The van der Waals surface area contributed by atoms with Gasteiger partial charge in [0.05, 0.1) is 57.1 Å². The number of sulfone groups is 2. The van der Waals surface area contributed by atoms with Crippen molar-refractivity contribution in [3.05, 3.63) is 70.6 Å². The molecule has 0 saturated heterocycles. The maximum Gasteiger partial charge on any atom is 0.397 e. The molecule has 1 aliphatic carbocycles. The largest absolute Gasteiger partial charge is 0.397 e. The third-order valence-electron chi connectivity index (χ3n) is 6.96. The number of benzene rings is 3. The molecular formula is C26H25N5O18S6. The second-order valence-corrected chi connectivity index (χ2v) is 19.4. The lowest BCUT2D eigenvalue weighted by Crippen LogP contribution is -2.28. The molecule has 0 saturated carbocycles. The SMILES string of the molecule is Nc1c(/N=N/c2ccc(S(=O)(=O)CCOS(=O)(=O)O)cc2)c(S(=O)(=O)O)cc2c1C(=O)/C(=N\Nc1ccc(S(=O)(=O)CCO[SH](=O)=O)cc1)C(S(=O)(=O)O)=C2. The number of fused-ring (bicyclic) bond motifs is 1. The predicted molar refractivity (Wildman–Crippen MR) is 191 cm³/mol. The van der Waals surface area contributed by atoms with Crippen LogP contribution in [0.4, 0.5) is 22.7 Å². The standard InChI is InChI=1S/C26H25N5O18S6/c27-23-22-15(13-20(53(39,40)41)24(23)30-28-16-1-7-19(8-2-16)52(37,38)12-10-49-55(45,46)47)14-21(54(42,43)44)25(26(22)32)31-29-17-3-5-18(6-4-17)51(35,36)11-9-48-50(33)34/h1-8,13-14,29,50H,9-12,27H2,(H,39,40,41)(H,42,43,44)(H,45,46,47)/b30-28+,31-25-. The zero-order chi connectivity index (χ0) is 41.1. The van der Waals surface area contributed by atoms with E-state index in [1.54, 1.807) is 0 Å². The number of nitrogens with zero attached hydrogens (tertiary/aromatic N) is 3. The summed E-state index contributed by atoms with van der Waals surface area (Å²) in [6.45, 7) is -1.56. The lowest BCUT2D eigenvalue weighted by Gasteiger charge is -2.20. The van der Waals surface area contributed by atoms with Gasteiger partial charge in [0.15, 0.2) is 25.4 Å². The zero-order valence-corrected chi connectivity index (χ0v) is 32.0. The van der Waals surface area contributed by atoms with Crippen LogP contribution in [0.25, 0.3) is 6.08 Å². The number of carbonyl (C=O) groups is 1. The first-order valence-corrected chi connectivity index (χ1v) is 22.9. The molecule has 0 fully saturated rings. The highest BCUT2D eigenvalue weighted by Crippen LogP contribution is 2.41. The molecule has 23 nitrogen and oxygen atoms in total. The van der Waals surface area contributed by atoms with E-state index in [-0.39, 0.29) is 21.2 Å². The predicted octanol–water partition coefficient (Wildman–Crippen LogP) is 0.734. The third kappa shape index (κ3) is 11.0. The van der Waals surface area contributed by atoms with Crippen molar-refractivity contribution in [2.24, 2.45) is 15.3 Å². The fourth-order valence-electron chi connectivity index (χ4n) is 4.49. The Bertz CT molecular complexity index is 2770. The normalized spacial score (nSPS) is 15.0. The number of anilines is 2. The average Bonchev–Trinajstić information content (AvgIpc) is 3.05. The van der Waals surface area contributed by atoms with E-state index in [0.717, 1.165) is 48.5 Å². The molecule has 0 unspecified atom stereocenters. The van der Waals surface area contributed by atoms with Crippen LogP contribution in [0.5, 0.6) is 0 Å². The molecule has 0 bridgehead atoms. The van der Waals surface area contributed by atoms with Crippen molar-refractivity contribution in [1.82, 2.24) is 0 Å². The van der Waals surface area contributed by atoms with Crippen LogP contribution >= 0.6 is 0 Å². The van der Waals surface area contributed by atoms with E-state index in [9.17, 15) is 64.4 Å². The van der Waals surface area contributed by atoms with Gasteiger partial charge in [-0.2, -0.15) is 35.5 Å². The quantitative estimate of drug-likeness (QED) is 0.0379. The van der Waals surface area contributed by atoms with E-state index in [1.165, 1.54) is 0 Å². The Morgan fingerprint density at radius 1 is 0.745 bits per heavy atom. The van der Waals surface area contributed by atoms with Crippen LogP contribution in [0.2, 0.25) is 0 Å². The van der Waals surface area contributed by atoms with Gasteiger partial charge in [-0.3, -0.25) is 28.1 Å². The second kappa shape index (κ2) is 16.3. The lowest BCUT2D eigenvalue weighted by atomic mass is 9.92. The van der Waals surface area contributed by atoms with E-state index in [4.69, 9.17) is 10.3 Å². The van der Waals surface area contributed by atoms with Crippen molar-refractivity contribution < 1.29 is 77.3 Å². The first kappa shape index (κ1) is 43.2. The number of Topliss-reactive ketones (excluding diaryl/α,β-unsaturated/α-hetero) is 1. The Labute approximate surface area is 314 Å². The average molecular weight is 888 g/mol. The highest BCUT2D eigenvalue weighted by molar-refractivity contribution is 7.92. The highest BCUT2D eigenvalue weighted by atomic mass is 32.3. The number of allylic oxidation sites excluding steroid dienone is 1. The van der Waals surface area contributed by atoms with Gasteiger partial charge in [0.2, 0.25) is 5.78 Å². The Balaban J connectivity index is 1.70. The smallest absolute Gasteiger partial charge is 0.396 e. The highest BCUT2D eigenvalue weighted by Gasteiger charge is 2.37. The van der Waals surface area contributed by atoms with Crippen LogP contribution < -0.4 is 11.2 Å². The molecule has 0 spiro atoms. The molecule has 55 heavy (non-hydrogen) atoms. The molecule has 0 amide bonds. The monoisotopic (exact) mass is 887 g/mol. The number of nitrogen functional groups attached to an aromatic ring is 1. The van der Waals surface area contributed by atoms with Crippen molar-refractivity contribution >= 4 is 102 Å². The molecular weight excluding hydrogens is 863 g/mol. The van der Waals surface area contributed by atoms with Crippen LogP contribution in [0, 0.1) is 0 Å². The maximum atomic E-state index is 13.7. The van der Waals surface area contributed by atoms with Crippen LogP contribution in [0.3, 0.4) is 0 Å². The van der Waals surface area contributed by atoms with Gasteiger partial charge in [0, 0.05) is 0 Å². The van der Waals surface area contributed by atoms with E-state index < -0.39 is 130 Å². The van der Waals surface area contributed by atoms with Gasteiger partial charge < -0.3 is 5.73 Å². The number of carbonyl (C=O) groups excluding carboxylic acids is 1. The molecule has 4 rings (SSSR count). The summed E-state index contributed by atoms with van der Waals surface area (Å²) in [5.74, 6) is -2.87. The number of hydrazone groups is 1. The minimum Gasteiger partial charge on any atom is -0.396 e.